The second kappa shape index (κ2) is 4.34. The van der Waals surface area contributed by atoms with Crippen LogP contribution in [0.25, 0.3) is 0 Å². The van der Waals surface area contributed by atoms with Crippen LogP contribution in [0.4, 0.5) is 0 Å². The zero-order chi connectivity index (χ0) is 16.0. The van der Waals surface area contributed by atoms with Crippen LogP contribution < -0.4 is 0 Å². The highest BCUT2D eigenvalue weighted by molar-refractivity contribution is 5.98. The van der Waals surface area contributed by atoms with Crippen LogP contribution in [-0.4, -0.2) is 35.5 Å². The fraction of sp³-hybridized carbons (Fsp3) is 0.789. The third-order valence-corrected chi connectivity index (χ3v) is 8.01. The first-order chi connectivity index (χ1) is 11.0. The Labute approximate surface area is 136 Å². The van der Waals surface area contributed by atoms with Gasteiger partial charge in [-0.15, -0.1) is 0 Å². The Hall–Kier alpha value is -1.00. The number of hydrogen-bond donors (Lipinski definition) is 1. The van der Waals surface area contributed by atoms with E-state index in [9.17, 15) is 14.7 Å². The van der Waals surface area contributed by atoms with Crippen LogP contribution in [-0.2, 0) is 14.3 Å². The molecule has 0 aromatic rings. The predicted molar refractivity (Wildman–Crippen MR) is 82.6 cm³/mol. The van der Waals surface area contributed by atoms with Crippen molar-refractivity contribution >= 4 is 11.6 Å². The molecule has 0 spiro atoms. The Morgan fingerprint density at radius 3 is 2.83 bits per heavy atom. The monoisotopic (exact) mass is 316 g/mol. The highest BCUT2D eigenvalue weighted by atomic mass is 16.6. The molecule has 0 aromatic heterocycles. The minimum atomic E-state index is -0.353. The molecule has 5 aliphatic rings. The maximum atomic E-state index is 12.4. The summed E-state index contributed by atoms with van der Waals surface area (Å²) < 4.78 is 5.73. The molecule has 124 valence electrons. The number of carbonyl (C=O) groups excluding carboxylic acids is 2. The van der Waals surface area contributed by atoms with Gasteiger partial charge in [0.2, 0.25) is 0 Å². The van der Waals surface area contributed by atoms with Crippen molar-refractivity contribution in [3.8, 4) is 0 Å². The first-order valence-electron chi connectivity index (χ1n) is 9.07. The Kier molecular flexibility index (Phi) is 2.71. The molecule has 7 atom stereocenters. The topological polar surface area (TPSA) is 66.9 Å². The lowest BCUT2D eigenvalue weighted by molar-refractivity contribution is -0.133. The van der Waals surface area contributed by atoms with Crippen LogP contribution in [0.5, 0.6) is 0 Å². The maximum absolute atomic E-state index is 12.4. The molecular formula is C19H24O4. The Morgan fingerprint density at radius 2 is 2.04 bits per heavy atom. The number of carbonyl (C=O) groups is 2. The predicted octanol–water partition coefficient (Wildman–Crippen LogP) is 2.05. The summed E-state index contributed by atoms with van der Waals surface area (Å²) >= 11 is 0. The maximum Gasteiger partial charge on any atom is 0.187 e. The zero-order valence-electron chi connectivity index (χ0n) is 13.6. The van der Waals surface area contributed by atoms with Crippen LogP contribution in [0.3, 0.4) is 0 Å². The van der Waals surface area contributed by atoms with Crippen molar-refractivity contribution in [1.29, 1.82) is 0 Å². The average molecular weight is 316 g/mol. The van der Waals surface area contributed by atoms with Gasteiger partial charge in [-0.25, -0.2) is 0 Å². The lowest BCUT2D eigenvalue weighted by Crippen LogP contribution is -2.55. The minimum Gasteiger partial charge on any atom is -0.395 e. The molecular weight excluding hydrogens is 292 g/mol. The molecule has 3 saturated carbocycles. The van der Waals surface area contributed by atoms with E-state index >= 15 is 0 Å². The smallest absolute Gasteiger partial charge is 0.187 e. The van der Waals surface area contributed by atoms with E-state index in [1.807, 2.05) is 0 Å². The second-order valence-corrected chi connectivity index (χ2v) is 8.58. The second-order valence-electron chi connectivity index (χ2n) is 8.58. The van der Waals surface area contributed by atoms with Gasteiger partial charge in [0.1, 0.15) is 18.0 Å². The molecule has 4 aliphatic carbocycles. The molecule has 0 bridgehead atoms. The van der Waals surface area contributed by atoms with E-state index in [1.54, 1.807) is 6.08 Å². The Bertz CT molecular complexity index is 637. The van der Waals surface area contributed by atoms with Crippen molar-refractivity contribution in [2.75, 3.05) is 6.61 Å². The summed E-state index contributed by atoms with van der Waals surface area (Å²) in [5.41, 5.74) is 0.625. The van der Waals surface area contributed by atoms with Gasteiger partial charge >= 0.3 is 0 Å². The van der Waals surface area contributed by atoms with Crippen molar-refractivity contribution in [1.82, 2.24) is 0 Å². The van der Waals surface area contributed by atoms with Crippen molar-refractivity contribution in [2.45, 2.75) is 57.7 Å². The van der Waals surface area contributed by atoms with Crippen LogP contribution >= 0.6 is 0 Å². The molecule has 1 heterocycles. The number of hydrogen-bond acceptors (Lipinski definition) is 4. The van der Waals surface area contributed by atoms with E-state index < -0.39 is 0 Å². The van der Waals surface area contributed by atoms with Crippen molar-refractivity contribution in [3.05, 3.63) is 11.6 Å². The van der Waals surface area contributed by atoms with E-state index in [1.165, 1.54) is 0 Å². The minimum absolute atomic E-state index is 0.0752. The van der Waals surface area contributed by atoms with Gasteiger partial charge in [-0.1, -0.05) is 12.5 Å². The largest absolute Gasteiger partial charge is 0.395 e. The van der Waals surface area contributed by atoms with Gasteiger partial charge < -0.3 is 9.84 Å². The molecule has 0 radical (unpaired) electrons. The van der Waals surface area contributed by atoms with Crippen molar-refractivity contribution in [3.63, 3.8) is 0 Å². The first kappa shape index (κ1) is 14.4. The first-order valence-corrected chi connectivity index (χ1v) is 9.07. The van der Waals surface area contributed by atoms with Crippen molar-refractivity contribution < 1.29 is 19.4 Å². The summed E-state index contributed by atoms with van der Waals surface area (Å²) in [6.45, 7) is 2.24. The quantitative estimate of drug-likeness (QED) is 0.752. The highest BCUT2D eigenvalue weighted by Gasteiger charge is 2.69. The van der Waals surface area contributed by atoms with Crippen LogP contribution in [0.1, 0.15) is 45.4 Å². The molecule has 23 heavy (non-hydrogen) atoms. The number of rotatable bonds is 1. The summed E-state index contributed by atoms with van der Waals surface area (Å²) in [7, 11) is 0. The number of epoxide rings is 1. The Morgan fingerprint density at radius 1 is 1.22 bits per heavy atom. The van der Waals surface area contributed by atoms with Gasteiger partial charge in [0.15, 0.2) is 5.78 Å². The SMILES string of the molecule is C[C@]12CC[C@H]3[C@@H](CCC4=CC(=O)C5OC5[C@@]43CO)[C@@H]1CCC2=O. The van der Waals surface area contributed by atoms with Crippen LogP contribution in [0.2, 0.25) is 0 Å². The molecule has 0 aromatic carbocycles. The highest BCUT2D eigenvalue weighted by Crippen LogP contribution is 2.66. The Balaban J connectivity index is 1.58. The van der Waals surface area contributed by atoms with Gasteiger partial charge in [-0.3, -0.25) is 9.59 Å². The fourth-order valence-electron chi connectivity index (χ4n) is 6.78. The summed E-state index contributed by atoms with van der Waals surface area (Å²) in [6.07, 6.45) is 6.90. The summed E-state index contributed by atoms with van der Waals surface area (Å²) in [6, 6.07) is 0. The number of fused-ring (bicyclic) bond motifs is 7. The molecule has 4 nitrogen and oxygen atoms in total. The molecule has 4 fully saturated rings. The van der Waals surface area contributed by atoms with Gasteiger partial charge in [0.05, 0.1) is 6.61 Å². The third kappa shape index (κ3) is 1.55. The number of aliphatic hydroxyl groups is 1. The lowest BCUT2D eigenvalue weighted by atomic mass is 9.47. The number of ketones is 2. The number of Topliss-reactive ketones (excluding diaryl/α,β-unsaturated/α-hetero) is 1. The van der Waals surface area contributed by atoms with Gasteiger partial charge in [-0.2, -0.15) is 0 Å². The molecule has 1 N–H and O–H groups in total. The zero-order valence-corrected chi connectivity index (χ0v) is 13.6. The van der Waals surface area contributed by atoms with E-state index in [-0.39, 0.29) is 35.4 Å². The molecule has 5 rings (SSSR count). The van der Waals surface area contributed by atoms with Crippen LogP contribution in [0, 0.1) is 28.6 Å². The molecule has 1 saturated heterocycles. The standard InChI is InChI=1S/C19H24O4/c1-18-7-6-13-11(12(18)4-5-15(18)22)3-2-10-8-14(21)16-17(23-16)19(10,13)9-20/h8,11-13,16-17,20H,2-7,9H2,1H3/t11-,12-,13-,16?,17?,18-,19-/m0/s1. The summed E-state index contributed by atoms with van der Waals surface area (Å²) in [5, 5.41) is 10.4. The van der Waals surface area contributed by atoms with Gasteiger partial charge in [-0.05, 0) is 55.9 Å². The normalized spacial score (nSPS) is 53.8. The fourth-order valence-corrected chi connectivity index (χ4v) is 6.78. The average Bonchev–Trinajstić information content (AvgIpc) is 3.29. The molecule has 1 aliphatic heterocycles. The van der Waals surface area contributed by atoms with E-state index in [0.717, 1.165) is 44.1 Å². The van der Waals surface area contributed by atoms with E-state index in [4.69, 9.17) is 4.74 Å². The van der Waals surface area contributed by atoms with E-state index in [0.29, 0.717) is 23.5 Å². The summed E-state index contributed by atoms with van der Waals surface area (Å²) in [5.74, 6) is 1.83. The van der Waals surface area contributed by atoms with E-state index in [2.05, 4.69) is 6.92 Å². The van der Waals surface area contributed by atoms with Crippen LogP contribution in [0.15, 0.2) is 11.6 Å². The molecule has 4 heteroatoms. The molecule has 2 unspecified atom stereocenters. The van der Waals surface area contributed by atoms with Gasteiger partial charge in [0, 0.05) is 17.3 Å². The number of ether oxygens (including phenoxy) is 1. The molecule has 0 amide bonds. The number of aliphatic hydroxyl groups excluding tert-OH is 1. The van der Waals surface area contributed by atoms with Crippen molar-refractivity contribution in [2.24, 2.45) is 28.6 Å². The third-order valence-electron chi connectivity index (χ3n) is 8.01. The van der Waals surface area contributed by atoms with Gasteiger partial charge in [0.25, 0.3) is 0 Å². The lowest BCUT2D eigenvalue weighted by Gasteiger charge is -2.56. The summed E-state index contributed by atoms with van der Waals surface area (Å²) in [4.78, 5) is 24.5.